The standard InChI is InChI=1S/C16H23FN2O2/c1-19(2)11-13-9-12(5-6-14(13)17)10-18-15(20)16(21)7-3-4-8-16/h5-6,9,21H,3-4,7-8,10-11H2,1-2H3,(H,18,20). The fourth-order valence-electron chi connectivity index (χ4n) is 2.73. The first-order chi connectivity index (χ1) is 9.90. The third kappa shape index (κ3) is 4.02. The summed E-state index contributed by atoms with van der Waals surface area (Å²) in [6, 6.07) is 4.84. The third-order valence-electron chi connectivity index (χ3n) is 3.90. The van der Waals surface area contributed by atoms with Gasteiger partial charge in [-0.1, -0.05) is 6.07 Å². The van der Waals surface area contributed by atoms with Gasteiger partial charge < -0.3 is 15.3 Å². The summed E-state index contributed by atoms with van der Waals surface area (Å²) in [5.74, 6) is -0.563. The summed E-state index contributed by atoms with van der Waals surface area (Å²) in [6.45, 7) is 0.819. The van der Waals surface area contributed by atoms with E-state index in [0.717, 1.165) is 18.4 Å². The smallest absolute Gasteiger partial charge is 0.252 e. The van der Waals surface area contributed by atoms with Crippen LogP contribution in [-0.4, -0.2) is 35.6 Å². The van der Waals surface area contributed by atoms with Crippen LogP contribution in [-0.2, 0) is 17.9 Å². The molecule has 21 heavy (non-hydrogen) atoms. The number of nitrogens with zero attached hydrogens (tertiary/aromatic N) is 1. The Bertz CT molecular complexity index is 511. The van der Waals surface area contributed by atoms with Gasteiger partial charge in [-0.25, -0.2) is 4.39 Å². The molecule has 1 aromatic carbocycles. The molecule has 0 aromatic heterocycles. The molecule has 0 radical (unpaired) electrons. The maximum Gasteiger partial charge on any atom is 0.252 e. The Morgan fingerprint density at radius 2 is 2.05 bits per heavy atom. The number of carbonyl (C=O) groups is 1. The van der Waals surface area contributed by atoms with Crippen LogP contribution < -0.4 is 5.32 Å². The summed E-state index contributed by atoms with van der Waals surface area (Å²) in [5.41, 5.74) is 0.224. The molecule has 1 amide bonds. The Hall–Kier alpha value is -1.46. The van der Waals surface area contributed by atoms with E-state index in [1.165, 1.54) is 6.07 Å². The molecule has 0 unspecified atom stereocenters. The number of nitrogens with one attached hydrogen (secondary N) is 1. The van der Waals surface area contributed by atoms with Crippen molar-refractivity contribution in [3.8, 4) is 0 Å². The summed E-state index contributed by atoms with van der Waals surface area (Å²) in [7, 11) is 3.76. The van der Waals surface area contributed by atoms with Gasteiger partial charge in [0.1, 0.15) is 11.4 Å². The van der Waals surface area contributed by atoms with Gasteiger partial charge in [0.2, 0.25) is 0 Å². The van der Waals surface area contributed by atoms with E-state index in [2.05, 4.69) is 5.32 Å². The molecule has 0 bridgehead atoms. The second kappa shape index (κ2) is 6.54. The van der Waals surface area contributed by atoms with Crippen molar-refractivity contribution in [1.29, 1.82) is 0 Å². The fraction of sp³-hybridized carbons (Fsp3) is 0.562. The van der Waals surface area contributed by atoms with Crippen LogP contribution in [0.3, 0.4) is 0 Å². The lowest BCUT2D eigenvalue weighted by Crippen LogP contribution is -2.44. The zero-order valence-electron chi connectivity index (χ0n) is 12.7. The van der Waals surface area contributed by atoms with Gasteiger partial charge in [0.25, 0.3) is 5.91 Å². The van der Waals surface area contributed by atoms with E-state index in [0.29, 0.717) is 31.5 Å². The van der Waals surface area contributed by atoms with Crippen molar-refractivity contribution >= 4 is 5.91 Å². The number of halogens is 1. The second-order valence-corrected chi connectivity index (χ2v) is 6.08. The molecule has 0 atom stereocenters. The first-order valence-corrected chi connectivity index (χ1v) is 7.33. The fourth-order valence-corrected chi connectivity index (χ4v) is 2.73. The number of carbonyl (C=O) groups excluding carboxylic acids is 1. The predicted octanol–water partition coefficient (Wildman–Crippen LogP) is 1.81. The molecule has 4 nitrogen and oxygen atoms in total. The lowest BCUT2D eigenvalue weighted by molar-refractivity contribution is -0.139. The first kappa shape index (κ1) is 15.9. The van der Waals surface area contributed by atoms with Gasteiger partial charge >= 0.3 is 0 Å². The Balaban J connectivity index is 1.98. The zero-order chi connectivity index (χ0) is 15.5. The van der Waals surface area contributed by atoms with Crippen molar-refractivity contribution in [2.24, 2.45) is 0 Å². The molecule has 0 heterocycles. The maximum atomic E-state index is 13.7. The summed E-state index contributed by atoms with van der Waals surface area (Å²) in [5, 5.41) is 12.9. The molecule has 0 aliphatic heterocycles. The topological polar surface area (TPSA) is 52.6 Å². The van der Waals surface area contributed by atoms with Crippen LogP contribution in [0.1, 0.15) is 36.8 Å². The minimum atomic E-state index is -1.22. The van der Waals surface area contributed by atoms with Crippen molar-refractivity contribution in [3.63, 3.8) is 0 Å². The average Bonchev–Trinajstić information content (AvgIpc) is 2.87. The quantitative estimate of drug-likeness (QED) is 0.871. The number of hydrogen-bond acceptors (Lipinski definition) is 3. The molecular weight excluding hydrogens is 271 g/mol. The van der Waals surface area contributed by atoms with Crippen LogP contribution in [0, 0.1) is 5.82 Å². The monoisotopic (exact) mass is 294 g/mol. The molecule has 5 heteroatoms. The minimum absolute atomic E-state index is 0.242. The second-order valence-electron chi connectivity index (χ2n) is 6.08. The van der Waals surface area contributed by atoms with Crippen LogP contribution in [0.5, 0.6) is 0 Å². The van der Waals surface area contributed by atoms with Crippen LogP contribution >= 0.6 is 0 Å². The van der Waals surface area contributed by atoms with Crippen molar-refractivity contribution in [3.05, 3.63) is 35.1 Å². The highest BCUT2D eigenvalue weighted by Crippen LogP contribution is 2.29. The SMILES string of the molecule is CN(C)Cc1cc(CNC(=O)C2(O)CCCC2)ccc1F. The van der Waals surface area contributed by atoms with Gasteiger partial charge in [0, 0.05) is 18.7 Å². The maximum absolute atomic E-state index is 13.7. The Morgan fingerprint density at radius 3 is 2.67 bits per heavy atom. The molecular formula is C16H23FN2O2. The molecule has 2 rings (SSSR count). The Morgan fingerprint density at radius 1 is 1.38 bits per heavy atom. The number of aliphatic hydroxyl groups is 1. The van der Waals surface area contributed by atoms with Crippen LogP contribution in [0.25, 0.3) is 0 Å². The molecule has 2 N–H and O–H groups in total. The highest BCUT2D eigenvalue weighted by Gasteiger charge is 2.38. The van der Waals surface area contributed by atoms with Crippen LogP contribution in [0.15, 0.2) is 18.2 Å². The van der Waals surface area contributed by atoms with Gasteiger partial charge in [-0.15, -0.1) is 0 Å². The van der Waals surface area contributed by atoms with Gasteiger partial charge in [0.05, 0.1) is 0 Å². The molecule has 116 valence electrons. The zero-order valence-corrected chi connectivity index (χ0v) is 12.7. The number of rotatable bonds is 5. The van der Waals surface area contributed by atoms with Gasteiger partial charge in [-0.05, 0) is 57.5 Å². The highest BCUT2D eigenvalue weighted by molar-refractivity contribution is 5.85. The van der Waals surface area contributed by atoms with Gasteiger partial charge in [-0.3, -0.25) is 4.79 Å². The van der Waals surface area contributed by atoms with E-state index in [9.17, 15) is 14.3 Å². The predicted molar refractivity (Wildman–Crippen MR) is 79.1 cm³/mol. The van der Waals surface area contributed by atoms with E-state index in [1.54, 1.807) is 12.1 Å². The Kier molecular flexibility index (Phi) is 4.96. The van der Waals surface area contributed by atoms with E-state index >= 15 is 0 Å². The summed E-state index contributed by atoms with van der Waals surface area (Å²) < 4.78 is 13.7. The van der Waals surface area contributed by atoms with E-state index < -0.39 is 5.60 Å². The first-order valence-electron chi connectivity index (χ1n) is 7.33. The molecule has 1 fully saturated rings. The molecule has 1 aliphatic carbocycles. The summed E-state index contributed by atoms with van der Waals surface area (Å²) >= 11 is 0. The summed E-state index contributed by atoms with van der Waals surface area (Å²) in [6.07, 6.45) is 2.81. The van der Waals surface area contributed by atoms with E-state index in [4.69, 9.17) is 0 Å². The van der Waals surface area contributed by atoms with Gasteiger partial charge in [0.15, 0.2) is 0 Å². The Labute approximate surface area is 125 Å². The lowest BCUT2D eigenvalue weighted by Gasteiger charge is -2.21. The van der Waals surface area contributed by atoms with E-state index in [-0.39, 0.29) is 11.7 Å². The molecule has 0 spiro atoms. The van der Waals surface area contributed by atoms with Crippen molar-refractivity contribution in [2.45, 2.75) is 44.4 Å². The molecule has 1 aliphatic rings. The normalized spacial score (nSPS) is 17.2. The number of hydrogen-bond donors (Lipinski definition) is 2. The number of amides is 1. The average molecular weight is 294 g/mol. The van der Waals surface area contributed by atoms with Crippen LogP contribution in [0.2, 0.25) is 0 Å². The van der Waals surface area contributed by atoms with Crippen LogP contribution in [0.4, 0.5) is 4.39 Å². The highest BCUT2D eigenvalue weighted by atomic mass is 19.1. The summed E-state index contributed by atoms with van der Waals surface area (Å²) in [4.78, 5) is 13.9. The largest absolute Gasteiger partial charge is 0.380 e. The van der Waals surface area contributed by atoms with Crippen molar-refractivity contribution < 1.29 is 14.3 Å². The van der Waals surface area contributed by atoms with Crippen molar-refractivity contribution in [1.82, 2.24) is 10.2 Å². The van der Waals surface area contributed by atoms with E-state index in [1.807, 2.05) is 19.0 Å². The molecule has 1 aromatic rings. The lowest BCUT2D eigenvalue weighted by atomic mass is 10.0. The van der Waals surface area contributed by atoms with Gasteiger partial charge in [-0.2, -0.15) is 0 Å². The minimum Gasteiger partial charge on any atom is -0.380 e. The molecule has 1 saturated carbocycles. The van der Waals surface area contributed by atoms with Crippen molar-refractivity contribution in [2.75, 3.05) is 14.1 Å². The number of benzene rings is 1. The molecule has 0 saturated heterocycles. The third-order valence-corrected chi connectivity index (χ3v) is 3.90.